The highest BCUT2D eigenvalue weighted by Gasteiger charge is 2.27. The van der Waals surface area contributed by atoms with Gasteiger partial charge in [0, 0.05) is 39.1 Å². The van der Waals surface area contributed by atoms with Crippen molar-refractivity contribution in [3.63, 3.8) is 0 Å². The third-order valence-electron chi connectivity index (χ3n) is 6.19. The van der Waals surface area contributed by atoms with Crippen molar-refractivity contribution in [3.8, 4) is 0 Å². The first-order valence-corrected chi connectivity index (χ1v) is 14.8. The van der Waals surface area contributed by atoms with Gasteiger partial charge in [-0.2, -0.15) is 8.61 Å². The van der Waals surface area contributed by atoms with E-state index in [9.17, 15) is 21.6 Å². The van der Waals surface area contributed by atoms with E-state index in [2.05, 4.69) is 5.32 Å². The number of benzene rings is 2. The molecule has 2 aromatic carbocycles. The number of morpholine rings is 2. The van der Waals surface area contributed by atoms with Crippen molar-refractivity contribution in [2.45, 2.75) is 29.2 Å². The van der Waals surface area contributed by atoms with Gasteiger partial charge in [0.15, 0.2) is 0 Å². The van der Waals surface area contributed by atoms with E-state index in [1.807, 2.05) is 0 Å². The van der Waals surface area contributed by atoms with Crippen LogP contribution in [0.4, 0.5) is 0 Å². The molecule has 12 heteroatoms. The van der Waals surface area contributed by atoms with Crippen molar-refractivity contribution in [1.82, 2.24) is 13.9 Å². The Bertz CT molecular complexity index is 1140. The predicted octanol–water partition coefficient (Wildman–Crippen LogP) is 0.977. The summed E-state index contributed by atoms with van der Waals surface area (Å²) in [6.07, 6.45) is 0.722. The van der Waals surface area contributed by atoms with E-state index in [0.717, 1.165) is 11.1 Å². The summed E-state index contributed by atoms with van der Waals surface area (Å²) in [6.45, 7) is 3.22. The topological polar surface area (TPSA) is 122 Å². The predicted molar refractivity (Wildman–Crippen MR) is 132 cm³/mol. The van der Waals surface area contributed by atoms with Gasteiger partial charge in [-0.05, 0) is 41.8 Å². The number of carbonyl (C=O) groups is 1. The minimum atomic E-state index is -3.55. The molecule has 2 heterocycles. The molecule has 0 saturated carbocycles. The van der Waals surface area contributed by atoms with Gasteiger partial charge in [-0.15, -0.1) is 0 Å². The van der Waals surface area contributed by atoms with Crippen LogP contribution in [0, 0.1) is 0 Å². The molecule has 0 unspecified atom stereocenters. The summed E-state index contributed by atoms with van der Waals surface area (Å²) in [6, 6.07) is 13.1. The fraction of sp³-hybridized carbons (Fsp3) is 0.458. The maximum Gasteiger partial charge on any atom is 0.243 e. The Labute approximate surface area is 212 Å². The normalized spacial score (nSPS) is 18.1. The maximum atomic E-state index is 12.7. The van der Waals surface area contributed by atoms with Crippen LogP contribution in [0.5, 0.6) is 0 Å². The van der Waals surface area contributed by atoms with Crippen molar-refractivity contribution in [3.05, 3.63) is 59.7 Å². The third kappa shape index (κ3) is 6.50. The van der Waals surface area contributed by atoms with Crippen LogP contribution in [0.15, 0.2) is 58.3 Å². The van der Waals surface area contributed by atoms with E-state index < -0.39 is 20.0 Å². The number of hydrogen-bond acceptors (Lipinski definition) is 7. The molecule has 2 fully saturated rings. The zero-order valence-corrected chi connectivity index (χ0v) is 21.6. The maximum absolute atomic E-state index is 12.7. The van der Waals surface area contributed by atoms with E-state index in [1.54, 1.807) is 48.5 Å². The number of ether oxygens (including phenoxy) is 2. The number of amides is 1. The van der Waals surface area contributed by atoms with Gasteiger partial charge in [0.2, 0.25) is 26.0 Å². The first kappa shape index (κ1) is 26.7. The van der Waals surface area contributed by atoms with Crippen LogP contribution in [0.2, 0.25) is 0 Å². The molecule has 0 radical (unpaired) electrons. The number of nitrogens with zero attached hydrogens (tertiary/aromatic N) is 2. The van der Waals surface area contributed by atoms with E-state index in [4.69, 9.17) is 9.47 Å². The standard InChI is InChI=1S/C24H31N3O7S2/c28-24(10-5-20-1-6-22(7-2-20)35(29,30)26-11-15-33-16-12-26)25-19-21-3-8-23(9-4-21)36(31,32)27-13-17-34-18-14-27/h1-4,6-9H,5,10-19H2,(H,25,28). The fourth-order valence-electron chi connectivity index (χ4n) is 4.03. The molecule has 0 spiro atoms. The zero-order chi connectivity index (χ0) is 25.6. The molecule has 0 atom stereocenters. The highest BCUT2D eigenvalue weighted by molar-refractivity contribution is 7.89. The lowest BCUT2D eigenvalue weighted by Crippen LogP contribution is -2.40. The summed E-state index contributed by atoms with van der Waals surface area (Å²) in [5, 5.41) is 2.84. The van der Waals surface area contributed by atoms with Crippen LogP contribution < -0.4 is 5.32 Å². The van der Waals surface area contributed by atoms with Crippen LogP contribution in [-0.2, 0) is 47.3 Å². The summed E-state index contributed by atoms with van der Waals surface area (Å²) in [4.78, 5) is 12.8. The lowest BCUT2D eigenvalue weighted by atomic mass is 10.1. The van der Waals surface area contributed by atoms with Gasteiger partial charge in [0.25, 0.3) is 0 Å². The second-order valence-electron chi connectivity index (χ2n) is 8.60. The molecule has 0 aliphatic carbocycles. The van der Waals surface area contributed by atoms with Crippen molar-refractivity contribution in [2.75, 3.05) is 52.6 Å². The molecule has 4 rings (SSSR count). The Morgan fingerprint density at radius 2 is 1.11 bits per heavy atom. The molecule has 2 saturated heterocycles. The fourth-order valence-corrected chi connectivity index (χ4v) is 6.84. The Hall–Kier alpha value is -2.35. The quantitative estimate of drug-likeness (QED) is 0.506. The Kier molecular flexibility index (Phi) is 8.75. The van der Waals surface area contributed by atoms with E-state index in [-0.39, 0.29) is 28.7 Å². The average Bonchev–Trinajstić information content (AvgIpc) is 2.92. The molecule has 36 heavy (non-hydrogen) atoms. The minimum absolute atomic E-state index is 0.148. The van der Waals surface area contributed by atoms with Crippen molar-refractivity contribution >= 4 is 26.0 Å². The molecular weight excluding hydrogens is 506 g/mol. The van der Waals surface area contributed by atoms with Gasteiger partial charge in [-0.25, -0.2) is 16.8 Å². The van der Waals surface area contributed by atoms with Gasteiger partial charge in [0.1, 0.15) is 0 Å². The van der Waals surface area contributed by atoms with Crippen molar-refractivity contribution in [2.24, 2.45) is 0 Å². The molecule has 0 bridgehead atoms. The Morgan fingerprint density at radius 1 is 0.694 bits per heavy atom. The van der Waals surface area contributed by atoms with Crippen molar-refractivity contribution < 1.29 is 31.1 Å². The number of aryl methyl sites for hydroxylation is 1. The van der Waals surface area contributed by atoms with Crippen LogP contribution in [0.1, 0.15) is 17.5 Å². The second kappa shape index (κ2) is 11.8. The van der Waals surface area contributed by atoms with Gasteiger partial charge in [-0.1, -0.05) is 24.3 Å². The molecule has 1 amide bonds. The van der Waals surface area contributed by atoms with Crippen LogP contribution in [0.3, 0.4) is 0 Å². The molecule has 196 valence electrons. The van der Waals surface area contributed by atoms with Gasteiger partial charge < -0.3 is 14.8 Å². The Balaban J connectivity index is 1.25. The van der Waals surface area contributed by atoms with Gasteiger partial charge in [-0.3, -0.25) is 4.79 Å². The lowest BCUT2D eigenvalue weighted by molar-refractivity contribution is -0.121. The number of sulfonamides is 2. The van der Waals surface area contributed by atoms with Crippen molar-refractivity contribution in [1.29, 1.82) is 0 Å². The minimum Gasteiger partial charge on any atom is -0.379 e. The first-order valence-electron chi connectivity index (χ1n) is 11.9. The van der Waals surface area contributed by atoms with Gasteiger partial charge >= 0.3 is 0 Å². The summed E-state index contributed by atoms with van der Waals surface area (Å²) in [5.41, 5.74) is 1.66. The summed E-state index contributed by atoms with van der Waals surface area (Å²) >= 11 is 0. The van der Waals surface area contributed by atoms with Crippen LogP contribution >= 0.6 is 0 Å². The number of nitrogens with one attached hydrogen (secondary N) is 1. The smallest absolute Gasteiger partial charge is 0.243 e. The van der Waals surface area contributed by atoms with Gasteiger partial charge in [0.05, 0.1) is 36.2 Å². The SMILES string of the molecule is O=C(CCc1ccc(S(=O)(=O)N2CCOCC2)cc1)NCc1ccc(S(=O)(=O)N2CCOCC2)cc1. The highest BCUT2D eigenvalue weighted by atomic mass is 32.2. The molecule has 0 aromatic heterocycles. The molecular formula is C24H31N3O7S2. The van der Waals surface area contributed by atoms with E-state index in [1.165, 1.54) is 8.61 Å². The summed E-state index contributed by atoms with van der Waals surface area (Å²) in [7, 11) is -7.09. The second-order valence-corrected chi connectivity index (χ2v) is 12.5. The monoisotopic (exact) mass is 537 g/mol. The number of hydrogen-bond donors (Lipinski definition) is 1. The van der Waals surface area contributed by atoms with Crippen LogP contribution in [0.25, 0.3) is 0 Å². The summed E-state index contributed by atoms with van der Waals surface area (Å²) in [5.74, 6) is -0.148. The average molecular weight is 538 g/mol. The first-order chi connectivity index (χ1) is 17.3. The number of carbonyl (C=O) groups excluding carboxylic acids is 1. The molecule has 10 nitrogen and oxygen atoms in total. The van der Waals surface area contributed by atoms with E-state index >= 15 is 0 Å². The lowest BCUT2D eigenvalue weighted by Gasteiger charge is -2.26. The third-order valence-corrected chi connectivity index (χ3v) is 10.0. The molecule has 2 aromatic rings. The largest absolute Gasteiger partial charge is 0.379 e. The van der Waals surface area contributed by atoms with E-state index in [0.29, 0.717) is 59.0 Å². The zero-order valence-electron chi connectivity index (χ0n) is 20.0. The summed E-state index contributed by atoms with van der Waals surface area (Å²) < 4.78 is 64.1. The Morgan fingerprint density at radius 3 is 1.56 bits per heavy atom. The molecule has 2 aliphatic heterocycles. The molecule has 2 aliphatic rings. The highest BCUT2D eigenvalue weighted by Crippen LogP contribution is 2.19. The number of rotatable bonds is 9. The molecule has 1 N–H and O–H groups in total. The van der Waals surface area contributed by atoms with Crippen LogP contribution in [-0.4, -0.2) is 84.0 Å².